The summed E-state index contributed by atoms with van der Waals surface area (Å²) in [5.41, 5.74) is 0. The topological polar surface area (TPSA) is 119 Å². The monoisotopic (exact) mass is 488 g/mol. The molecule has 2 aliphatic heterocycles. The Morgan fingerprint density at radius 3 is 2.34 bits per heavy atom. The number of nitrogens with one attached hydrogen (secondary N) is 1. The third-order valence-corrected chi connectivity index (χ3v) is 9.86. The van der Waals surface area contributed by atoms with Crippen molar-refractivity contribution in [2.75, 3.05) is 31.2 Å². The number of ether oxygens (including phenoxy) is 2. The lowest BCUT2D eigenvalue weighted by molar-refractivity contribution is 0.0945. The summed E-state index contributed by atoms with van der Waals surface area (Å²) >= 11 is 0. The second-order valence-corrected chi connectivity index (χ2v) is 12.9. The van der Waals surface area contributed by atoms with Crippen LogP contribution in [0.4, 0.5) is 4.79 Å². The van der Waals surface area contributed by atoms with Crippen molar-refractivity contribution in [2.45, 2.75) is 61.9 Å². The first-order chi connectivity index (χ1) is 15.0. The summed E-state index contributed by atoms with van der Waals surface area (Å²) in [6.45, 7) is 6.76. The van der Waals surface area contributed by atoms with Crippen LogP contribution in [0.1, 0.15) is 33.6 Å². The molecule has 1 amide bonds. The number of rotatable bonds is 7. The van der Waals surface area contributed by atoms with Crippen LogP contribution in [0, 0.1) is 0 Å². The van der Waals surface area contributed by atoms with E-state index in [1.165, 1.54) is 12.1 Å². The van der Waals surface area contributed by atoms with Gasteiger partial charge in [0.15, 0.2) is 19.7 Å². The number of benzene rings is 1. The second-order valence-electron chi connectivity index (χ2n) is 8.53. The molecule has 1 aromatic rings. The maximum atomic E-state index is 13.3. The van der Waals surface area contributed by atoms with Crippen LogP contribution >= 0.6 is 0 Å². The van der Waals surface area contributed by atoms with Gasteiger partial charge in [0.2, 0.25) is 0 Å². The normalized spacial score (nSPS) is 23.9. The van der Waals surface area contributed by atoms with Gasteiger partial charge in [0.05, 0.1) is 34.4 Å². The van der Waals surface area contributed by atoms with Crippen molar-refractivity contribution >= 4 is 25.8 Å². The molecule has 1 N–H and O–H groups in total. The van der Waals surface area contributed by atoms with Crippen LogP contribution in [0.25, 0.3) is 0 Å². The first-order valence-electron chi connectivity index (χ1n) is 10.9. The molecule has 0 saturated carbocycles. The van der Waals surface area contributed by atoms with Gasteiger partial charge < -0.3 is 19.7 Å². The van der Waals surface area contributed by atoms with Crippen molar-refractivity contribution in [1.29, 1.82) is 0 Å². The zero-order valence-corrected chi connectivity index (χ0v) is 20.3. The molecular formula is C21H32N2O7S2. The van der Waals surface area contributed by atoms with Crippen molar-refractivity contribution < 1.29 is 31.1 Å². The fourth-order valence-corrected chi connectivity index (χ4v) is 8.86. The average molecular weight is 489 g/mol. The first kappa shape index (κ1) is 24.8. The van der Waals surface area contributed by atoms with E-state index in [4.69, 9.17) is 9.47 Å². The summed E-state index contributed by atoms with van der Waals surface area (Å²) in [6.07, 6.45) is 0.799. The van der Waals surface area contributed by atoms with Crippen molar-refractivity contribution in [3.8, 4) is 5.75 Å². The lowest BCUT2D eigenvalue weighted by Gasteiger charge is -2.34. The van der Waals surface area contributed by atoms with Crippen LogP contribution in [0.15, 0.2) is 29.2 Å². The molecule has 2 heterocycles. The number of sulfone groups is 2. The van der Waals surface area contributed by atoms with E-state index in [2.05, 4.69) is 5.32 Å². The largest absolute Gasteiger partial charge is 0.491 e. The Kier molecular flexibility index (Phi) is 7.72. The molecule has 32 heavy (non-hydrogen) atoms. The number of likely N-dealkylation sites (tertiary alicyclic amines) is 1. The molecule has 1 aromatic carbocycles. The minimum absolute atomic E-state index is 0.0405. The van der Waals surface area contributed by atoms with Crippen molar-refractivity contribution in [3.05, 3.63) is 24.3 Å². The van der Waals surface area contributed by atoms with E-state index in [0.29, 0.717) is 38.3 Å². The van der Waals surface area contributed by atoms with Crippen LogP contribution in [-0.4, -0.2) is 82.5 Å². The van der Waals surface area contributed by atoms with Crippen molar-refractivity contribution in [1.82, 2.24) is 10.2 Å². The summed E-state index contributed by atoms with van der Waals surface area (Å²) in [5.74, 6) is -0.0661. The minimum atomic E-state index is -3.87. The van der Waals surface area contributed by atoms with E-state index in [1.54, 1.807) is 24.0 Å². The molecule has 0 radical (unpaired) electrons. The predicted octanol–water partition coefficient (Wildman–Crippen LogP) is 1.62. The van der Waals surface area contributed by atoms with E-state index in [1.807, 2.05) is 13.8 Å². The molecule has 0 aromatic heterocycles. The molecule has 180 valence electrons. The molecule has 2 atom stereocenters. The number of amides is 1. The highest BCUT2D eigenvalue weighted by molar-refractivity contribution is 7.96. The maximum Gasteiger partial charge on any atom is 0.409 e. The quantitative estimate of drug-likeness (QED) is 0.615. The predicted molar refractivity (Wildman–Crippen MR) is 120 cm³/mol. The van der Waals surface area contributed by atoms with Gasteiger partial charge in [-0.1, -0.05) is 0 Å². The first-order valence-corrected chi connectivity index (χ1v) is 14.3. The average Bonchev–Trinajstić information content (AvgIpc) is 3.03. The SMILES string of the molecule is CCOC(=O)N1CCC(N[C@H]2CS(=O)(=O)C[C@@H]2S(=O)(=O)c2ccc(OC(C)C)cc2)CC1. The standard InChI is InChI=1S/C21H32N2O7S2/c1-4-29-21(24)23-11-9-16(10-12-23)22-19-13-31(25,26)14-20(19)32(27,28)18-7-5-17(6-8-18)30-15(2)3/h5-8,15-16,19-20,22H,4,9-14H2,1-3H3/t19-,20-/m0/s1. The smallest absolute Gasteiger partial charge is 0.409 e. The number of carbonyl (C=O) groups excluding carboxylic acids is 1. The van der Waals surface area contributed by atoms with E-state index >= 15 is 0 Å². The molecule has 0 bridgehead atoms. The van der Waals surface area contributed by atoms with E-state index in [-0.39, 0.29) is 28.9 Å². The van der Waals surface area contributed by atoms with Crippen LogP contribution < -0.4 is 10.1 Å². The third-order valence-electron chi connectivity index (χ3n) is 5.69. The van der Waals surface area contributed by atoms with E-state index < -0.39 is 36.7 Å². The minimum Gasteiger partial charge on any atom is -0.491 e. The fraction of sp³-hybridized carbons (Fsp3) is 0.667. The van der Waals surface area contributed by atoms with Gasteiger partial charge in [-0.15, -0.1) is 0 Å². The third kappa shape index (κ3) is 5.93. The van der Waals surface area contributed by atoms with Gasteiger partial charge in [-0.25, -0.2) is 21.6 Å². The van der Waals surface area contributed by atoms with Crippen LogP contribution in [0.3, 0.4) is 0 Å². The second kappa shape index (κ2) is 9.96. The van der Waals surface area contributed by atoms with Gasteiger partial charge in [-0.3, -0.25) is 0 Å². The summed E-state index contributed by atoms with van der Waals surface area (Å²) in [7, 11) is -7.36. The Labute approximate surface area is 190 Å². The zero-order chi connectivity index (χ0) is 23.5. The molecule has 11 heteroatoms. The Balaban J connectivity index is 1.70. The van der Waals surface area contributed by atoms with Gasteiger partial charge in [-0.2, -0.15) is 0 Å². The molecule has 2 aliphatic rings. The molecule has 0 spiro atoms. The van der Waals surface area contributed by atoms with Gasteiger partial charge in [0.1, 0.15) is 5.75 Å². The number of nitrogens with zero attached hydrogens (tertiary/aromatic N) is 1. The fourth-order valence-electron chi connectivity index (χ4n) is 4.18. The zero-order valence-electron chi connectivity index (χ0n) is 18.7. The Morgan fingerprint density at radius 2 is 1.78 bits per heavy atom. The lowest BCUT2D eigenvalue weighted by atomic mass is 10.0. The van der Waals surface area contributed by atoms with Gasteiger partial charge in [-0.05, 0) is 57.9 Å². The van der Waals surface area contributed by atoms with Crippen LogP contribution in [0.5, 0.6) is 5.75 Å². The Morgan fingerprint density at radius 1 is 1.16 bits per heavy atom. The van der Waals surface area contributed by atoms with Crippen molar-refractivity contribution in [3.63, 3.8) is 0 Å². The summed E-state index contributed by atoms with van der Waals surface area (Å²) < 4.78 is 61.9. The maximum absolute atomic E-state index is 13.3. The Hall–Kier alpha value is -1.85. The van der Waals surface area contributed by atoms with E-state index in [0.717, 1.165) is 0 Å². The molecule has 9 nitrogen and oxygen atoms in total. The molecule has 3 rings (SSSR count). The molecule has 2 saturated heterocycles. The van der Waals surface area contributed by atoms with Gasteiger partial charge in [0.25, 0.3) is 0 Å². The molecular weight excluding hydrogens is 456 g/mol. The molecule has 2 fully saturated rings. The number of piperidine rings is 1. The number of hydrogen-bond donors (Lipinski definition) is 1. The highest BCUT2D eigenvalue weighted by Crippen LogP contribution is 2.28. The lowest BCUT2D eigenvalue weighted by Crippen LogP contribution is -2.52. The van der Waals surface area contributed by atoms with Crippen molar-refractivity contribution in [2.24, 2.45) is 0 Å². The summed E-state index contributed by atoms with van der Waals surface area (Å²) in [4.78, 5) is 13.6. The van der Waals surface area contributed by atoms with E-state index in [9.17, 15) is 21.6 Å². The highest BCUT2D eigenvalue weighted by Gasteiger charge is 2.46. The summed E-state index contributed by atoms with van der Waals surface area (Å²) in [6, 6.07) is 5.34. The number of carbonyl (C=O) groups is 1. The van der Waals surface area contributed by atoms with Crippen LogP contribution in [-0.2, 0) is 24.4 Å². The molecule has 0 unspecified atom stereocenters. The molecule has 0 aliphatic carbocycles. The Bertz CT molecular complexity index is 999. The van der Waals surface area contributed by atoms with Gasteiger partial charge in [0, 0.05) is 25.2 Å². The van der Waals surface area contributed by atoms with Gasteiger partial charge >= 0.3 is 6.09 Å². The number of hydrogen-bond acceptors (Lipinski definition) is 8. The van der Waals surface area contributed by atoms with Crippen LogP contribution in [0.2, 0.25) is 0 Å². The summed E-state index contributed by atoms with van der Waals surface area (Å²) in [5, 5.41) is 2.20. The highest BCUT2D eigenvalue weighted by atomic mass is 32.2.